The molecule has 0 bridgehead atoms. The minimum Gasteiger partial charge on any atom is -0.467 e. The number of benzene rings is 1. The Morgan fingerprint density at radius 2 is 1.74 bits per heavy atom. The van der Waals surface area contributed by atoms with Gasteiger partial charge in [-0.1, -0.05) is 17.7 Å². The number of likely N-dealkylation sites (tertiary alicyclic amines) is 1. The highest BCUT2D eigenvalue weighted by molar-refractivity contribution is 7.86. The molecule has 0 unspecified atom stereocenters. The second kappa shape index (κ2) is 9.75. The lowest BCUT2D eigenvalue weighted by Gasteiger charge is -2.26. The van der Waals surface area contributed by atoms with Crippen LogP contribution in [0.15, 0.2) is 29.2 Å². The van der Waals surface area contributed by atoms with Crippen LogP contribution < -0.4 is 0 Å². The molecule has 0 radical (unpaired) electrons. The summed E-state index contributed by atoms with van der Waals surface area (Å²) in [5.74, 6) is -1.56. The van der Waals surface area contributed by atoms with E-state index in [0.29, 0.717) is 4.90 Å². The smallest absolute Gasteiger partial charge is 0.417 e. The van der Waals surface area contributed by atoms with E-state index in [2.05, 4.69) is 4.74 Å². The van der Waals surface area contributed by atoms with Crippen LogP contribution in [0.5, 0.6) is 0 Å². The van der Waals surface area contributed by atoms with Crippen molar-refractivity contribution in [1.82, 2.24) is 4.90 Å². The molecule has 0 N–H and O–H groups in total. The maximum absolute atomic E-state index is 12.6. The van der Waals surface area contributed by atoms with Crippen LogP contribution in [0.1, 0.15) is 32.8 Å². The second-order valence-electron chi connectivity index (χ2n) is 7.91. The van der Waals surface area contributed by atoms with Crippen LogP contribution in [-0.2, 0) is 38.1 Å². The zero-order chi connectivity index (χ0) is 23.4. The number of aryl methyl sites for hydroxylation is 1. The molecule has 1 aromatic carbocycles. The predicted molar refractivity (Wildman–Crippen MR) is 108 cm³/mol. The number of methoxy groups -OCH3 is 1. The Kier molecular flexibility index (Phi) is 7.79. The van der Waals surface area contributed by atoms with E-state index in [0.717, 1.165) is 12.7 Å². The Labute approximate surface area is 181 Å². The van der Waals surface area contributed by atoms with Gasteiger partial charge in [0.15, 0.2) is 0 Å². The number of hydrogen-bond acceptors (Lipinski definition) is 9. The van der Waals surface area contributed by atoms with E-state index >= 15 is 0 Å². The first-order valence-electron chi connectivity index (χ1n) is 9.57. The first-order valence-corrected chi connectivity index (χ1v) is 11.0. The maximum atomic E-state index is 12.6. The number of imide groups is 1. The predicted octanol–water partition coefficient (Wildman–Crippen LogP) is 1.79. The Balaban J connectivity index is 1.98. The van der Waals surface area contributed by atoms with Crippen molar-refractivity contribution in [2.75, 3.05) is 20.3 Å². The highest BCUT2D eigenvalue weighted by atomic mass is 32.2. The molecule has 0 aromatic heterocycles. The second-order valence-corrected chi connectivity index (χ2v) is 9.53. The molecule has 1 heterocycles. The maximum Gasteiger partial charge on any atom is 0.417 e. The van der Waals surface area contributed by atoms with Gasteiger partial charge in [-0.15, -0.1) is 0 Å². The normalized spacial score (nSPS) is 19.4. The molecule has 1 saturated heterocycles. The third-order valence-corrected chi connectivity index (χ3v) is 5.60. The van der Waals surface area contributed by atoms with Gasteiger partial charge < -0.3 is 14.2 Å². The summed E-state index contributed by atoms with van der Waals surface area (Å²) in [6.07, 6.45) is -2.28. The van der Waals surface area contributed by atoms with Crippen molar-refractivity contribution in [2.45, 2.75) is 56.8 Å². The van der Waals surface area contributed by atoms with Crippen LogP contribution in [0, 0.1) is 6.92 Å². The molecule has 1 fully saturated rings. The minimum atomic E-state index is -3.98. The van der Waals surface area contributed by atoms with Crippen molar-refractivity contribution < 1.29 is 41.2 Å². The number of amides is 2. The Morgan fingerprint density at radius 3 is 2.29 bits per heavy atom. The van der Waals surface area contributed by atoms with E-state index in [1.807, 2.05) is 6.92 Å². The molecule has 0 spiro atoms. The lowest BCUT2D eigenvalue weighted by Crippen LogP contribution is -2.46. The Bertz CT molecular complexity index is 919. The topological polar surface area (TPSA) is 126 Å². The molecular weight excluding hydrogens is 430 g/mol. The fourth-order valence-electron chi connectivity index (χ4n) is 2.83. The number of carbonyl (C=O) groups is 3. The molecule has 2 amide bonds. The molecule has 10 nitrogen and oxygen atoms in total. The summed E-state index contributed by atoms with van der Waals surface area (Å²) in [6.45, 7) is 6.09. The third-order valence-electron chi connectivity index (χ3n) is 4.28. The zero-order valence-electron chi connectivity index (χ0n) is 18.1. The molecule has 2 rings (SSSR count). The number of esters is 1. The van der Waals surface area contributed by atoms with Gasteiger partial charge in [0, 0.05) is 6.42 Å². The van der Waals surface area contributed by atoms with Crippen molar-refractivity contribution in [3.63, 3.8) is 0 Å². The number of carbonyl (C=O) groups excluding carboxylic acids is 3. The van der Waals surface area contributed by atoms with E-state index in [9.17, 15) is 22.8 Å². The molecule has 0 saturated carbocycles. The van der Waals surface area contributed by atoms with Crippen LogP contribution in [0.4, 0.5) is 4.79 Å². The van der Waals surface area contributed by atoms with Gasteiger partial charge in [-0.3, -0.25) is 8.98 Å². The molecular formula is C20H27NO9S. The van der Waals surface area contributed by atoms with Crippen molar-refractivity contribution in [1.29, 1.82) is 0 Å². The molecule has 2 atom stereocenters. The number of hydrogen-bond donors (Lipinski definition) is 0. The SMILES string of the molecule is COC(=O)[C@@H]1C[C@H](OCCOS(=O)(=O)c2ccc(C)cc2)C(=O)N1C(=O)OC(C)(C)C. The molecule has 31 heavy (non-hydrogen) atoms. The van der Waals surface area contributed by atoms with Crippen molar-refractivity contribution >= 4 is 28.1 Å². The Morgan fingerprint density at radius 1 is 1.13 bits per heavy atom. The van der Waals surface area contributed by atoms with Crippen molar-refractivity contribution in [2.24, 2.45) is 0 Å². The van der Waals surface area contributed by atoms with Gasteiger partial charge in [-0.05, 0) is 39.8 Å². The molecule has 11 heteroatoms. The van der Waals surface area contributed by atoms with Gasteiger partial charge in [-0.2, -0.15) is 8.42 Å². The Hall–Kier alpha value is -2.50. The summed E-state index contributed by atoms with van der Waals surface area (Å²) in [7, 11) is -2.85. The quantitative estimate of drug-likeness (QED) is 0.342. The van der Waals surface area contributed by atoms with Gasteiger partial charge >= 0.3 is 12.1 Å². The number of nitrogens with zero attached hydrogens (tertiary/aromatic N) is 1. The average Bonchev–Trinajstić information content (AvgIpc) is 3.00. The van der Waals surface area contributed by atoms with Gasteiger partial charge in [0.25, 0.3) is 16.0 Å². The van der Waals surface area contributed by atoms with Gasteiger partial charge in [0.05, 0.1) is 25.2 Å². The summed E-state index contributed by atoms with van der Waals surface area (Å²) in [6, 6.07) is 4.93. The van der Waals surface area contributed by atoms with E-state index in [4.69, 9.17) is 13.7 Å². The number of rotatable bonds is 7. The van der Waals surface area contributed by atoms with E-state index in [-0.39, 0.29) is 24.5 Å². The minimum absolute atomic E-state index is 0.00287. The van der Waals surface area contributed by atoms with Gasteiger partial charge in [-0.25, -0.2) is 14.5 Å². The van der Waals surface area contributed by atoms with Crippen LogP contribution in [-0.4, -0.2) is 69.4 Å². The molecule has 0 aliphatic carbocycles. The molecule has 1 aliphatic heterocycles. The van der Waals surface area contributed by atoms with E-state index in [1.54, 1.807) is 32.9 Å². The lowest BCUT2D eigenvalue weighted by molar-refractivity contribution is -0.149. The number of ether oxygens (including phenoxy) is 3. The van der Waals surface area contributed by atoms with E-state index < -0.39 is 45.8 Å². The monoisotopic (exact) mass is 457 g/mol. The summed E-state index contributed by atoms with van der Waals surface area (Å²) >= 11 is 0. The first kappa shape index (κ1) is 24.8. The highest BCUT2D eigenvalue weighted by Crippen LogP contribution is 2.25. The summed E-state index contributed by atoms with van der Waals surface area (Å²) in [4.78, 5) is 37.8. The average molecular weight is 458 g/mol. The van der Waals surface area contributed by atoms with Gasteiger partial charge in [0.1, 0.15) is 17.7 Å². The molecule has 1 aliphatic rings. The van der Waals surface area contributed by atoms with Crippen LogP contribution >= 0.6 is 0 Å². The zero-order valence-corrected chi connectivity index (χ0v) is 18.9. The van der Waals surface area contributed by atoms with Gasteiger partial charge in [0.2, 0.25) is 0 Å². The standard InChI is InChI=1S/C20H27NO9S/c1-13-6-8-14(9-7-13)31(25,26)29-11-10-28-16-12-15(18(23)27-5)21(17(16)22)19(24)30-20(2,3)4/h6-9,15-16H,10-12H2,1-5H3/t15-,16-/m0/s1. The summed E-state index contributed by atoms with van der Waals surface area (Å²) < 4.78 is 44.6. The van der Waals surface area contributed by atoms with Crippen molar-refractivity contribution in [3.05, 3.63) is 29.8 Å². The summed E-state index contributed by atoms with van der Waals surface area (Å²) in [5.41, 5.74) is 0.0199. The fraction of sp³-hybridized carbons (Fsp3) is 0.550. The first-order chi connectivity index (χ1) is 14.4. The highest BCUT2D eigenvalue weighted by Gasteiger charge is 2.49. The van der Waals surface area contributed by atoms with Crippen LogP contribution in [0.25, 0.3) is 0 Å². The fourth-order valence-corrected chi connectivity index (χ4v) is 3.72. The largest absolute Gasteiger partial charge is 0.467 e. The summed E-state index contributed by atoms with van der Waals surface area (Å²) in [5, 5.41) is 0. The lowest BCUT2D eigenvalue weighted by atomic mass is 10.2. The molecule has 172 valence electrons. The van der Waals surface area contributed by atoms with Crippen molar-refractivity contribution in [3.8, 4) is 0 Å². The third kappa shape index (κ3) is 6.49. The molecule has 1 aromatic rings. The van der Waals surface area contributed by atoms with Crippen LogP contribution in [0.3, 0.4) is 0 Å². The van der Waals surface area contributed by atoms with E-state index in [1.165, 1.54) is 12.1 Å². The van der Waals surface area contributed by atoms with Crippen LogP contribution in [0.2, 0.25) is 0 Å².